The van der Waals surface area contributed by atoms with E-state index in [0.29, 0.717) is 6.42 Å². The number of carbonyl (C=O) groups is 2. The van der Waals surface area contributed by atoms with Crippen LogP contribution in [0, 0.1) is 0 Å². The number of ether oxygens (including phenoxy) is 1. The van der Waals surface area contributed by atoms with Crippen LogP contribution in [0.15, 0.2) is 18.2 Å². The van der Waals surface area contributed by atoms with E-state index in [4.69, 9.17) is 4.74 Å². The molecule has 2 rings (SSSR count). The topological polar surface area (TPSA) is 58.6 Å². The number of nitrogens with zero attached hydrogens (tertiary/aromatic N) is 1. The molecule has 0 aliphatic carbocycles. The monoisotopic (exact) mass is 248 g/mol. The standard InChI is InChI=1S/C13H16N2O3/c1-14-12(13(17)18-3)8-4-5-10-9(6-8)7-11(16)15(10)2/h4-6,12,14H,7H2,1-3H3. The van der Waals surface area contributed by atoms with Crippen molar-refractivity contribution >= 4 is 17.6 Å². The van der Waals surface area contributed by atoms with Gasteiger partial charge in [0, 0.05) is 12.7 Å². The summed E-state index contributed by atoms with van der Waals surface area (Å²) < 4.78 is 4.74. The summed E-state index contributed by atoms with van der Waals surface area (Å²) in [4.78, 5) is 24.8. The van der Waals surface area contributed by atoms with Crippen LogP contribution in [0.4, 0.5) is 5.69 Å². The van der Waals surface area contributed by atoms with Gasteiger partial charge in [-0.25, -0.2) is 4.79 Å². The molecule has 5 heteroatoms. The number of nitrogens with one attached hydrogen (secondary N) is 1. The minimum atomic E-state index is -0.499. The molecule has 96 valence electrons. The maximum atomic E-state index is 11.6. The van der Waals surface area contributed by atoms with Crippen molar-refractivity contribution in [3.63, 3.8) is 0 Å². The van der Waals surface area contributed by atoms with Gasteiger partial charge in [0.2, 0.25) is 5.91 Å². The van der Waals surface area contributed by atoms with Crippen molar-refractivity contribution in [3.05, 3.63) is 29.3 Å². The molecule has 1 heterocycles. The molecule has 1 amide bonds. The van der Waals surface area contributed by atoms with Gasteiger partial charge in [-0.3, -0.25) is 4.79 Å². The molecule has 1 aromatic carbocycles. The van der Waals surface area contributed by atoms with E-state index in [2.05, 4.69) is 5.32 Å². The average molecular weight is 248 g/mol. The lowest BCUT2D eigenvalue weighted by Gasteiger charge is -2.16. The van der Waals surface area contributed by atoms with Crippen LogP contribution in [0.25, 0.3) is 0 Å². The summed E-state index contributed by atoms with van der Waals surface area (Å²) in [5.41, 5.74) is 2.67. The van der Waals surface area contributed by atoms with E-state index in [-0.39, 0.29) is 11.9 Å². The van der Waals surface area contributed by atoms with E-state index >= 15 is 0 Å². The number of rotatable bonds is 3. The second-order valence-electron chi connectivity index (χ2n) is 4.26. The Hall–Kier alpha value is -1.88. The number of hydrogen-bond donors (Lipinski definition) is 1. The minimum absolute atomic E-state index is 0.0706. The first-order valence-electron chi connectivity index (χ1n) is 5.73. The Morgan fingerprint density at radius 1 is 1.50 bits per heavy atom. The molecule has 1 aliphatic heterocycles. The SMILES string of the molecule is CNC(C(=O)OC)c1ccc2c(c1)CC(=O)N2C. The highest BCUT2D eigenvalue weighted by atomic mass is 16.5. The van der Waals surface area contributed by atoms with Crippen LogP contribution in [0.1, 0.15) is 17.2 Å². The van der Waals surface area contributed by atoms with Gasteiger partial charge in [-0.1, -0.05) is 12.1 Å². The molecule has 1 atom stereocenters. The Labute approximate surface area is 106 Å². The Morgan fingerprint density at radius 2 is 2.22 bits per heavy atom. The fraction of sp³-hybridized carbons (Fsp3) is 0.385. The van der Waals surface area contributed by atoms with Gasteiger partial charge in [0.05, 0.1) is 13.5 Å². The van der Waals surface area contributed by atoms with Crippen molar-refractivity contribution < 1.29 is 14.3 Å². The zero-order chi connectivity index (χ0) is 13.3. The Balaban J connectivity index is 2.35. The Bertz CT molecular complexity index is 499. The first-order chi connectivity index (χ1) is 8.58. The molecule has 18 heavy (non-hydrogen) atoms. The second kappa shape index (κ2) is 4.78. The normalized spacial score (nSPS) is 15.5. The van der Waals surface area contributed by atoms with E-state index in [0.717, 1.165) is 16.8 Å². The van der Waals surface area contributed by atoms with Gasteiger partial charge in [-0.15, -0.1) is 0 Å². The highest BCUT2D eigenvalue weighted by molar-refractivity contribution is 6.01. The summed E-state index contributed by atoms with van der Waals surface area (Å²) in [6.07, 6.45) is 0.386. The molecule has 0 bridgehead atoms. The second-order valence-corrected chi connectivity index (χ2v) is 4.26. The first kappa shape index (κ1) is 12.6. The van der Waals surface area contributed by atoms with Crippen molar-refractivity contribution in [2.45, 2.75) is 12.5 Å². The van der Waals surface area contributed by atoms with Crippen molar-refractivity contribution in [1.82, 2.24) is 5.32 Å². The predicted molar refractivity (Wildman–Crippen MR) is 67.4 cm³/mol. The van der Waals surface area contributed by atoms with Crippen molar-refractivity contribution in [2.24, 2.45) is 0 Å². The largest absolute Gasteiger partial charge is 0.468 e. The summed E-state index contributed by atoms with van der Waals surface area (Å²) in [6.45, 7) is 0. The highest BCUT2D eigenvalue weighted by Crippen LogP contribution is 2.30. The highest BCUT2D eigenvalue weighted by Gasteiger charge is 2.26. The zero-order valence-electron chi connectivity index (χ0n) is 10.7. The third-order valence-corrected chi connectivity index (χ3v) is 3.24. The van der Waals surface area contributed by atoms with Crippen LogP contribution in [0.3, 0.4) is 0 Å². The molecule has 1 aromatic rings. The number of esters is 1. The number of carbonyl (C=O) groups excluding carboxylic acids is 2. The van der Waals surface area contributed by atoms with Crippen LogP contribution in [-0.4, -0.2) is 33.1 Å². The number of hydrogen-bond acceptors (Lipinski definition) is 4. The molecule has 0 radical (unpaired) electrons. The lowest BCUT2D eigenvalue weighted by Crippen LogP contribution is -2.26. The maximum Gasteiger partial charge on any atom is 0.327 e. The smallest absolute Gasteiger partial charge is 0.327 e. The molecular formula is C13H16N2O3. The zero-order valence-corrected chi connectivity index (χ0v) is 10.7. The van der Waals surface area contributed by atoms with Crippen LogP contribution in [0.2, 0.25) is 0 Å². The van der Waals surface area contributed by atoms with Crippen molar-refractivity contribution in [2.75, 3.05) is 26.1 Å². The molecule has 0 saturated carbocycles. The van der Waals surface area contributed by atoms with Crippen LogP contribution < -0.4 is 10.2 Å². The van der Waals surface area contributed by atoms with Crippen LogP contribution >= 0.6 is 0 Å². The summed E-state index contributed by atoms with van der Waals surface area (Å²) in [7, 11) is 4.81. The lowest BCUT2D eigenvalue weighted by atomic mass is 10.0. The fourth-order valence-corrected chi connectivity index (χ4v) is 2.21. The molecule has 0 aromatic heterocycles. The molecular weight excluding hydrogens is 232 g/mol. The number of anilines is 1. The summed E-state index contributed by atoms with van der Waals surface area (Å²) in [5.74, 6) is -0.267. The molecule has 0 fully saturated rings. The summed E-state index contributed by atoms with van der Waals surface area (Å²) in [5, 5.41) is 2.91. The number of likely N-dealkylation sites (N-methyl/N-ethyl adjacent to an activating group) is 2. The molecule has 1 unspecified atom stereocenters. The van der Waals surface area contributed by atoms with Crippen LogP contribution in [-0.2, 0) is 20.7 Å². The van der Waals surface area contributed by atoms with Gasteiger partial charge < -0.3 is 15.0 Å². The van der Waals surface area contributed by atoms with E-state index < -0.39 is 6.04 Å². The van der Waals surface area contributed by atoms with Gasteiger partial charge >= 0.3 is 5.97 Å². The van der Waals surface area contributed by atoms with Gasteiger partial charge in [0.1, 0.15) is 6.04 Å². The number of amides is 1. The Kier molecular flexibility index (Phi) is 3.34. The van der Waals surface area contributed by atoms with Gasteiger partial charge in [-0.2, -0.15) is 0 Å². The van der Waals surface area contributed by atoms with E-state index in [1.54, 1.807) is 19.0 Å². The number of fused-ring (bicyclic) bond motifs is 1. The van der Waals surface area contributed by atoms with E-state index in [1.165, 1.54) is 7.11 Å². The molecule has 0 spiro atoms. The first-order valence-corrected chi connectivity index (χ1v) is 5.73. The number of benzene rings is 1. The molecule has 1 aliphatic rings. The molecule has 1 N–H and O–H groups in total. The quantitative estimate of drug-likeness (QED) is 0.797. The van der Waals surface area contributed by atoms with Crippen molar-refractivity contribution in [1.29, 1.82) is 0 Å². The third kappa shape index (κ3) is 1.97. The van der Waals surface area contributed by atoms with Crippen LogP contribution in [0.5, 0.6) is 0 Å². The Morgan fingerprint density at radius 3 is 2.83 bits per heavy atom. The van der Waals surface area contributed by atoms with E-state index in [1.807, 2.05) is 18.2 Å². The minimum Gasteiger partial charge on any atom is -0.468 e. The summed E-state index contributed by atoms with van der Waals surface area (Å²) in [6, 6.07) is 5.09. The summed E-state index contributed by atoms with van der Waals surface area (Å²) >= 11 is 0. The van der Waals surface area contributed by atoms with Gasteiger partial charge in [0.15, 0.2) is 0 Å². The van der Waals surface area contributed by atoms with Gasteiger partial charge in [0.25, 0.3) is 0 Å². The fourth-order valence-electron chi connectivity index (χ4n) is 2.21. The van der Waals surface area contributed by atoms with Crippen molar-refractivity contribution in [3.8, 4) is 0 Å². The molecule has 5 nitrogen and oxygen atoms in total. The van der Waals surface area contributed by atoms with E-state index in [9.17, 15) is 9.59 Å². The maximum absolute atomic E-state index is 11.6. The third-order valence-electron chi connectivity index (χ3n) is 3.24. The van der Waals surface area contributed by atoms with Gasteiger partial charge in [-0.05, 0) is 24.2 Å². The average Bonchev–Trinajstić information content (AvgIpc) is 2.65. The number of methoxy groups -OCH3 is 1. The predicted octanol–water partition coefficient (Wildman–Crippen LogP) is 0.639. The lowest BCUT2D eigenvalue weighted by molar-refractivity contribution is -0.143. The molecule has 0 saturated heterocycles.